The average Bonchev–Trinajstić information content (AvgIpc) is 3.16. The van der Waals surface area contributed by atoms with Crippen molar-refractivity contribution in [1.29, 1.82) is 0 Å². The van der Waals surface area contributed by atoms with E-state index in [-0.39, 0.29) is 5.78 Å². The van der Waals surface area contributed by atoms with Gasteiger partial charge in [0, 0.05) is 54.8 Å². The predicted molar refractivity (Wildman–Crippen MR) is 123 cm³/mol. The molecule has 0 aliphatic carbocycles. The van der Waals surface area contributed by atoms with Crippen LogP contribution in [0.5, 0.6) is 0 Å². The number of carbonyl (C=O) groups is 1. The Bertz CT molecular complexity index is 1060. The van der Waals surface area contributed by atoms with E-state index >= 15 is 0 Å². The van der Waals surface area contributed by atoms with Gasteiger partial charge in [-0.05, 0) is 50.2 Å². The highest BCUT2D eigenvalue weighted by Crippen LogP contribution is 2.32. The molecule has 9 heteroatoms. The van der Waals surface area contributed by atoms with Crippen LogP contribution >= 0.6 is 11.8 Å². The maximum Gasteiger partial charge on any atom is 0.196 e. The summed E-state index contributed by atoms with van der Waals surface area (Å²) in [4.78, 5) is 24.4. The number of H-pyrrole nitrogens is 1. The molecular formula is C22H27N7OS. The third-order valence-electron chi connectivity index (χ3n) is 5.05. The van der Waals surface area contributed by atoms with Crippen molar-refractivity contribution in [1.82, 2.24) is 25.5 Å². The first-order valence-electron chi connectivity index (χ1n) is 10.4. The van der Waals surface area contributed by atoms with Crippen LogP contribution in [-0.2, 0) is 11.2 Å². The van der Waals surface area contributed by atoms with Gasteiger partial charge in [-0.25, -0.2) is 9.97 Å². The molecule has 3 N–H and O–H groups in total. The first-order chi connectivity index (χ1) is 15.0. The molecular weight excluding hydrogens is 410 g/mol. The summed E-state index contributed by atoms with van der Waals surface area (Å²) in [7, 11) is 0. The van der Waals surface area contributed by atoms with E-state index in [0.29, 0.717) is 11.6 Å². The van der Waals surface area contributed by atoms with Gasteiger partial charge in [0.25, 0.3) is 0 Å². The van der Waals surface area contributed by atoms with Crippen LogP contribution in [0.1, 0.15) is 23.7 Å². The maximum absolute atomic E-state index is 11.3. The van der Waals surface area contributed by atoms with Gasteiger partial charge in [0.1, 0.15) is 17.4 Å². The summed E-state index contributed by atoms with van der Waals surface area (Å²) in [5, 5.41) is 14.6. The lowest BCUT2D eigenvalue weighted by Gasteiger charge is -2.30. The largest absolute Gasteiger partial charge is 0.354 e. The Labute approximate surface area is 186 Å². The number of aromatic nitrogens is 4. The van der Waals surface area contributed by atoms with Gasteiger partial charge in [-0.3, -0.25) is 9.89 Å². The Morgan fingerprint density at radius 2 is 1.90 bits per heavy atom. The van der Waals surface area contributed by atoms with Gasteiger partial charge in [-0.15, -0.1) is 0 Å². The van der Waals surface area contributed by atoms with Crippen LogP contribution in [0.2, 0.25) is 0 Å². The number of benzene rings is 1. The second-order valence-corrected chi connectivity index (χ2v) is 8.77. The quantitative estimate of drug-likeness (QED) is 0.485. The number of nitrogens with zero attached hydrogens (tertiary/aromatic N) is 4. The summed E-state index contributed by atoms with van der Waals surface area (Å²) in [5.41, 5.74) is 3.00. The molecule has 0 saturated carbocycles. The molecule has 4 rings (SSSR count). The van der Waals surface area contributed by atoms with Crippen LogP contribution in [0.25, 0.3) is 0 Å². The number of Topliss-reactive ketones (excluding diaryl/α,β-unsaturated/α-hetero) is 1. The average molecular weight is 438 g/mol. The molecule has 0 amide bonds. The molecule has 3 aromatic rings. The highest BCUT2D eigenvalue weighted by molar-refractivity contribution is 7.99. The number of nitrogens with one attached hydrogen (secondary N) is 3. The van der Waals surface area contributed by atoms with Crippen LogP contribution in [-0.4, -0.2) is 52.1 Å². The van der Waals surface area contributed by atoms with Crippen molar-refractivity contribution in [3.8, 4) is 0 Å². The number of hydrogen-bond acceptors (Lipinski definition) is 8. The molecule has 0 atom stereocenters. The topological polar surface area (TPSA) is 98.8 Å². The minimum atomic E-state index is 0.159. The minimum Gasteiger partial charge on any atom is -0.354 e. The third-order valence-corrected chi connectivity index (χ3v) is 5.93. The highest BCUT2D eigenvalue weighted by Gasteiger charge is 2.19. The van der Waals surface area contributed by atoms with Crippen LogP contribution in [0.4, 0.5) is 17.5 Å². The molecule has 1 saturated heterocycles. The Balaban J connectivity index is 1.63. The van der Waals surface area contributed by atoms with E-state index in [1.807, 2.05) is 44.2 Å². The minimum absolute atomic E-state index is 0.159. The highest BCUT2D eigenvalue weighted by atomic mass is 32.2. The maximum atomic E-state index is 11.3. The zero-order chi connectivity index (χ0) is 21.8. The van der Waals surface area contributed by atoms with Crippen molar-refractivity contribution < 1.29 is 4.79 Å². The molecule has 2 aromatic heterocycles. The summed E-state index contributed by atoms with van der Waals surface area (Å²) in [6.07, 6.45) is 0.455. The summed E-state index contributed by atoms with van der Waals surface area (Å²) in [5.74, 6) is 2.59. The van der Waals surface area contributed by atoms with E-state index in [1.54, 1.807) is 6.92 Å². The predicted octanol–water partition coefficient (Wildman–Crippen LogP) is 3.25. The van der Waals surface area contributed by atoms with Gasteiger partial charge >= 0.3 is 0 Å². The van der Waals surface area contributed by atoms with Gasteiger partial charge in [0.15, 0.2) is 11.0 Å². The fourth-order valence-corrected chi connectivity index (χ4v) is 4.26. The molecule has 0 radical (unpaired) electrons. The second-order valence-electron chi connectivity index (χ2n) is 7.73. The standard InChI is InChI=1S/C22H27N7OS/c1-14-12-19(28-27-14)24-20-16(3)21(29-10-8-23-9-11-29)26-22(25-20)31-18-6-4-17(5-7-18)13-15(2)30/h4-7,12,23H,8-11,13H2,1-3H3,(H2,24,25,26,27,28). The number of aryl methyl sites for hydroxylation is 1. The van der Waals surface area contributed by atoms with Gasteiger partial charge in [0.05, 0.1) is 0 Å². The zero-order valence-corrected chi connectivity index (χ0v) is 18.8. The van der Waals surface area contributed by atoms with Crippen molar-refractivity contribution in [2.45, 2.75) is 37.2 Å². The van der Waals surface area contributed by atoms with E-state index < -0.39 is 0 Å². The van der Waals surface area contributed by atoms with Crippen molar-refractivity contribution in [2.75, 3.05) is 36.4 Å². The van der Waals surface area contributed by atoms with E-state index in [9.17, 15) is 4.79 Å². The van der Waals surface area contributed by atoms with Crippen LogP contribution in [0.15, 0.2) is 40.4 Å². The SMILES string of the molecule is CC(=O)Cc1ccc(Sc2nc(Nc3cc(C)[nH]n3)c(C)c(N3CCNCC3)n2)cc1. The molecule has 162 valence electrons. The van der Waals surface area contributed by atoms with E-state index in [1.165, 1.54) is 11.8 Å². The van der Waals surface area contributed by atoms with E-state index in [4.69, 9.17) is 9.97 Å². The normalized spacial score (nSPS) is 14.0. The van der Waals surface area contributed by atoms with Gasteiger partial charge in [-0.2, -0.15) is 5.10 Å². The Morgan fingerprint density at radius 1 is 1.16 bits per heavy atom. The van der Waals surface area contributed by atoms with Crippen LogP contribution < -0.4 is 15.5 Å². The lowest BCUT2D eigenvalue weighted by molar-refractivity contribution is -0.116. The second kappa shape index (κ2) is 9.49. The van der Waals surface area contributed by atoms with Crippen molar-refractivity contribution in [3.63, 3.8) is 0 Å². The molecule has 1 aromatic carbocycles. The monoisotopic (exact) mass is 437 g/mol. The number of aromatic amines is 1. The smallest absolute Gasteiger partial charge is 0.196 e. The van der Waals surface area contributed by atoms with Crippen LogP contribution in [0.3, 0.4) is 0 Å². The van der Waals surface area contributed by atoms with E-state index in [2.05, 4.69) is 25.7 Å². The summed E-state index contributed by atoms with van der Waals surface area (Å²) < 4.78 is 0. The van der Waals surface area contributed by atoms with Crippen molar-refractivity contribution in [2.24, 2.45) is 0 Å². The van der Waals surface area contributed by atoms with Crippen molar-refractivity contribution in [3.05, 3.63) is 47.2 Å². The molecule has 0 bridgehead atoms. The Kier molecular flexibility index (Phi) is 6.53. The lowest BCUT2D eigenvalue weighted by atomic mass is 10.1. The number of carbonyl (C=O) groups excluding carboxylic acids is 1. The van der Waals surface area contributed by atoms with E-state index in [0.717, 1.165) is 65.3 Å². The molecule has 3 heterocycles. The van der Waals surface area contributed by atoms with Gasteiger partial charge < -0.3 is 15.5 Å². The summed E-state index contributed by atoms with van der Waals surface area (Å²) in [6, 6.07) is 9.95. The summed E-state index contributed by atoms with van der Waals surface area (Å²) in [6.45, 7) is 9.30. The molecule has 31 heavy (non-hydrogen) atoms. The number of rotatable bonds is 7. The zero-order valence-electron chi connectivity index (χ0n) is 18.0. The fraction of sp³-hybridized carbons (Fsp3) is 0.364. The number of piperazine rings is 1. The number of ketones is 1. The molecule has 8 nitrogen and oxygen atoms in total. The Morgan fingerprint density at radius 3 is 2.55 bits per heavy atom. The molecule has 1 fully saturated rings. The molecule has 1 aliphatic heterocycles. The Hall–Kier alpha value is -2.91. The molecule has 0 spiro atoms. The molecule has 0 unspecified atom stereocenters. The number of anilines is 3. The third kappa shape index (κ3) is 5.42. The van der Waals surface area contributed by atoms with Crippen molar-refractivity contribution >= 4 is 35.0 Å². The summed E-state index contributed by atoms with van der Waals surface area (Å²) >= 11 is 1.51. The van der Waals surface area contributed by atoms with Crippen LogP contribution in [0, 0.1) is 13.8 Å². The first-order valence-corrected chi connectivity index (χ1v) is 11.2. The fourth-order valence-electron chi connectivity index (χ4n) is 3.51. The van der Waals surface area contributed by atoms with Gasteiger partial charge in [-0.1, -0.05) is 12.1 Å². The lowest BCUT2D eigenvalue weighted by Crippen LogP contribution is -2.44. The van der Waals surface area contributed by atoms with Gasteiger partial charge in [0.2, 0.25) is 0 Å². The molecule has 1 aliphatic rings. The first kappa shape index (κ1) is 21.3. The number of hydrogen-bond donors (Lipinski definition) is 3.